The predicted molar refractivity (Wildman–Crippen MR) is 81.9 cm³/mol. The minimum atomic E-state index is -0.0285. The van der Waals surface area contributed by atoms with Crippen LogP contribution < -0.4 is 4.74 Å². The predicted octanol–water partition coefficient (Wildman–Crippen LogP) is 3.56. The number of nitrogens with one attached hydrogen (secondary N) is 1. The SMILES string of the molecule is CCCOc1ccc2[nH]cc(C(=O)C3COC(C)C3)c2c1. The lowest BCUT2D eigenvalue weighted by molar-refractivity contribution is 0.0879. The monoisotopic (exact) mass is 287 g/mol. The van der Waals surface area contributed by atoms with Gasteiger partial charge in [0.2, 0.25) is 0 Å². The van der Waals surface area contributed by atoms with Crippen molar-refractivity contribution in [2.24, 2.45) is 5.92 Å². The summed E-state index contributed by atoms with van der Waals surface area (Å²) in [5, 5.41) is 0.938. The van der Waals surface area contributed by atoms with Crippen LogP contribution in [0.15, 0.2) is 24.4 Å². The van der Waals surface area contributed by atoms with E-state index in [0.29, 0.717) is 13.2 Å². The smallest absolute Gasteiger partial charge is 0.170 e. The van der Waals surface area contributed by atoms with Crippen molar-refractivity contribution < 1.29 is 14.3 Å². The number of aromatic nitrogens is 1. The normalized spacial score (nSPS) is 21.8. The molecule has 112 valence electrons. The quantitative estimate of drug-likeness (QED) is 0.855. The number of benzene rings is 1. The minimum Gasteiger partial charge on any atom is -0.494 e. The molecule has 1 fully saturated rings. The Kier molecular flexibility index (Phi) is 3.97. The van der Waals surface area contributed by atoms with Gasteiger partial charge in [0.25, 0.3) is 0 Å². The van der Waals surface area contributed by atoms with Crippen molar-refractivity contribution in [2.45, 2.75) is 32.8 Å². The molecule has 1 N–H and O–H groups in total. The van der Waals surface area contributed by atoms with Gasteiger partial charge in [0.1, 0.15) is 5.75 Å². The summed E-state index contributed by atoms with van der Waals surface area (Å²) in [5.74, 6) is 0.950. The van der Waals surface area contributed by atoms with E-state index >= 15 is 0 Å². The molecule has 4 nitrogen and oxygen atoms in total. The first-order valence-corrected chi connectivity index (χ1v) is 7.58. The number of ketones is 1. The second-order valence-corrected chi connectivity index (χ2v) is 5.70. The summed E-state index contributed by atoms with van der Waals surface area (Å²) in [4.78, 5) is 15.8. The maximum atomic E-state index is 12.7. The van der Waals surface area contributed by atoms with Gasteiger partial charge in [-0.05, 0) is 38.0 Å². The molecule has 4 heteroatoms. The number of carbonyl (C=O) groups excluding carboxylic acids is 1. The van der Waals surface area contributed by atoms with Gasteiger partial charge in [-0.15, -0.1) is 0 Å². The van der Waals surface area contributed by atoms with E-state index in [9.17, 15) is 4.79 Å². The Morgan fingerprint density at radius 1 is 1.48 bits per heavy atom. The molecule has 1 aromatic carbocycles. The third-order valence-corrected chi connectivity index (χ3v) is 3.96. The molecule has 1 aliphatic heterocycles. The van der Waals surface area contributed by atoms with E-state index in [1.807, 2.05) is 25.1 Å². The highest BCUT2D eigenvalue weighted by Crippen LogP contribution is 2.29. The summed E-state index contributed by atoms with van der Waals surface area (Å²) in [5.41, 5.74) is 1.71. The Balaban J connectivity index is 1.89. The summed E-state index contributed by atoms with van der Waals surface area (Å²) < 4.78 is 11.2. The highest BCUT2D eigenvalue weighted by Gasteiger charge is 2.30. The molecular formula is C17H21NO3. The molecule has 0 spiro atoms. The number of ether oxygens (including phenoxy) is 2. The first kappa shape index (κ1) is 14.1. The van der Waals surface area contributed by atoms with E-state index < -0.39 is 0 Å². The first-order chi connectivity index (χ1) is 10.2. The van der Waals surface area contributed by atoms with E-state index in [1.165, 1.54) is 0 Å². The number of Topliss-reactive ketones (excluding diaryl/α,β-unsaturated/α-hetero) is 1. The summed E-state index contributed by atoms with van der Waals surface area (Å²) >= 11 is 0. The van der Waals surface area contributed by atoms with Crippen LogP contribution in [0.5, 0.6) is 5.75 Å². The number of fused-ring (bicyclic) bond motifs is 1. The molecule has 0 aliphatic carbocycles. The zero-order valence-corrected chi connectivity index (χ0v) is 12.5. The zero-order valence-electron chi connectivity index (χ0n) is 12.5. The molecule has 2 aromatic rings. The number of H-pyrrole nitrogens is 1. The maximum Gasteiger partial charge on any atom is 0.170 e. The summed E-state index contributed by atoms with van der Waals surface area (Å²) in [6.07, 6.45) is 3.75. The van der Waals surface area contributed by atoms with Crippen molar-refractivity contribution in [3.63, 3.8) is 0 Å². The van der Waals surface area contributed by atoms with Gasteiger partial charge >= 0.3 is 0 Å². The minimum absolute atomic E-state index is 0.0285. The number of hydrogen-bond acceptors (Lipinski definition) is 3. The highest BCUT2D eigenvalue weighted by atomic mass is 16.5. The lowest BCUT2D eigenvalue weighted by Crippen LogP contribution is -2.14. The van der Waals surface area contributed by atoms with Crippen LogP contribution in [0.25, 0.3) is 10.9 Å². The van der Waals surface area contributed by atoms with Gasteiger partial charge in [-0.1, -0.05) is 6.92 Å². The number of rotatable bonds is 5. The molecule has 2 unspecified atom stereocenters. The topological polar surface area (TPSA) is 51.3 Å². The standard InChI is InChI=1S/C17H21NO3/c1-3-6-20-13-4-5-16-14(8-13)15(9-18-16)17(19)12-7-11(2)21-10-12/h4-5,8-9,11-12,18H,3,6-7,10H2,1-2H3. The average molecular weight is 287 g/mol. The van der Waals surface area contributed by atoms with Gasteiger partial charge in [0.05, 0.1) is 19.3 Å². The van der Waals surface area contributed by atoms with Crippen LogP contribution in [0.3, 0.4) is 0 Å². The van der Waals surface area contributed by atoms with Crippen molar-refractivity contribution >= 4 is 16.7 Å². The molecule has 1 saturated heterocycles. The third kappa shape index (κ3) is 2.81. The van der Waals surface area contributed by atoms with Gasteiger partial charge in [-0.3, -0.25) is 4.79 Å². The van der Waals surface area contributed by atoms with E-state index in [0.717, 1.165) is 35.1 Å². The van der Waals surface area contributed by atoms with Crippen molar-refractivity contribution in [1.82, 2.24) is 4.98 Å². The van der Waals surface area contributed by atoms with Gasteiger partial charge < -0.3 is 14.5 Å². The molecular weight excluding hydrogens is 266 g/mol. The van der Waals surface area contributed by atoms with Gasteiger partial charge in [-0.2, -0.15) is 0 Å². The third-order valence-electron chi connectivity index (χ3n) is 3.96. The molecule has 2 heterocycles. The molecule has 1 aromatic heterocycles. The van der Waals surface area contributed by atoms with Crippen LogP contribution >= 0.6 is 0 Å². The Bertz CT molecular complexity index is 647. The Morgan fingerprint density at radius 3 is 3.05 bits per heavy atom. The van der Waals surface area contributed by atoms with Crippen LogP contribution in [0, 0.1) is 5.92 Å². The largest absolute Gasteiger partial charge is 0.494 e. The van der Waals surface area contributed by atoms with Crippen LogP contribution in [-0.2, 0) is 4.74 Å². The first-order valence-electron chi connectivity index (χ1n) is 7.58. The summed E-state index contributed by atoms with van der Waals surface area (Å²) in [6, 6.07) is 5.85. The Morgan fingerprint density at radius 2 is 2.33 bits per heavy atom. The van der Waals surface area contributed by atoms with E-state index in [-0.39, 0.29) is 17.8 Å². The fraction of sp³-hybridized carbons (Fsp3) is 0.471. The van der Waals surface area contributed by atoms with Crippen LogP contribution in [0.2, 0.25) is 0 Å². The zero-order chi connectivity index (χ0) is 14.8. The Labute approximate surface area is 124 Å². The van der Waals surface area contributed by atoms with Crippen molar-refractivity contribution in [1.29, 1.82) is 0 Å². The molecule has 21 heavy (non-hydrogen) atoms. The molecule has 1 aliphatic rings. The fourth-order valence-electron chi connectivity index (χ4n) is 2.83. The lowest BCUT2D eigenvalue weighted by atomic mass is 9.95. The van der Waals surface area contributed by atoms with Crippen molar-refractivity contribution in [3.05, 3.63) is 30.0 Å². The van der Waals surface area contributed by atoms with Crippen molar-refractivity contribution in [2.75, 3.05) is 13.2 Å². The van der Waals surface area contributed by atoms with Gasteiger partial charge in [0.15, 0.2) is 5.78 Å². The van der Waals surface area contributed by atoms with E-state index in [4.69, 9.17) is 9.47 Å². The second-order valence-electron chi connectivity index (χ2n) is 5.70. The molecule has 0 radical (unpaired) electrons. The highest BCUT2D eigenvalue weighted by molar-refractivity contribution is 6.09. The van der Waals surface area contributed by atoms with Crippen molar-refractivity contribution in [3.8, 4) is 5.75 Å². The second kappa shape index (κ2) is 5.90. The molecule has 2 atom stereocenters. The van der Waals surface area contributed by atoms with E-state index in [1.54, 1.807) is 6.20 Å². The Hall–Kier alpha value is -1.81. The molecule has 0 bridgehead atoms. The van der Waals surface area contributed by atoms with E-state index in [2.05, 4.69) is 11.9 Å². The number of hydrogen-bond donors (Lipinski definition) is 1. The lowest BCUT2D eigenvalue weighted by Gasteiger charge is -2.07. The summed E-state index contributed by atoms with van der Waals surface area (Å²) in [7, 11) is 0. The molecule has 0 saturated carbocycles. The maximum absolute atomic E-state index is 12.7. The van der Waals surface area contributed by atoms with Gasteiger partial charge in [-0.25, -0.2) is 0 Å². The fourth-order valence-corrected chi connectivity index (χ4v) is 2.83. The van der Waals surface area contributed by atoms with Crippen LogP contribution in [0.1, 0.15) is 37.0 Å². The summed E-state index contributed by atoms with van der Waals surface area (Å²) in [6.45, 7) is 5.30. The van der Waals surface area contributed by atoms with Crippen LogP contribution in [0.4, 0.5) is 0 Å². The number of aromatic amines is 1. The molecule has 0 amide bonds. The average Bonchev–Trinajstić information content (AvgIpc) is 3.10. The number of carbonyl (C=O) groups is 1. The van der Waals surface area contributed by atoms with Gasteiger partial charge in [0, 0.05) is 28.6 Å². The molecule has 3 rings (SSSR count). The van der Waals surface area contributed by atoms with Crippen LogP contribution in [-0.4, -0.2) is 30.1 Å².